The molecule has 0 saturated heterocycles. The number of rotatable bonds is 6. The third-order valence-electron chi connectivity index (χ3n) is 2.34. The number of halogens is 1. The maximum Gasteiger partial charge on any atom is 0.292 e. The number of anilines is 1. The van der Waals surface area contributed by atoms with Crippen LogP contribution in [0.4, 0.5) is 5.69 Å². The lowest BCUT2D eigenvalue weighted by Gasteiger charge is -2.11. The summed E-state index contributed by atoms with van der Waals surface area (Å²) in [4.78, 5) is 23.5. The number of hydrogen-bond acceptors (Lipinski definition) is 4. The van der Waals surface area contributed by atoms with Crippen molar-refractivity contribution in [2.75, 3.05) is 11.9 Å². The molecule has 0 bridgehead atoms. The van der Waals surface area contributed by atoms with Crippen molar-refractivity contribution in [1.82, 2.24) is 15.1 Å². The lowest BCUT2D eigenvalue weighted by Crippen LogP contribution is -2.32. The molecule has 0 aliphatic heterocycles. The zero-order valence-corrected chi connectivity index (χ0v) is 12.2. The number of hydrogen-bond donors (Lipinski definition) is 2. The Morgan fingerprint density at radius 1 is 1.60 bits per heavy atom. The minimum Gasteiger partial charge on any atom is -0.379 e. The number of carbonyl (C=O) groups is 1. The van der Waals surface area contributed by atoms with Gasteiger partial charge in [0.05, 0.1) is 11.2 Å². The fraction of sp³-hybridized carbons (Fsp3) is 0.462. The molecule has 1 amide bonds. The van der Waals surface area contributed by atoms with Crippen LogP contribution in [0.2, 0.25) is 5.02 Å². The number of terminal acetylenes is 1. The Morgan fingerprint density at radius 2 is 2.30 bits per heavy atom. The predicted octanol–water partition coefficient (Wildman–Crippen LogP) is 0.856. The zero-order chi connectivity index (χ0) is 15.1. The molecule has 1 heterocycles. The van der Waals surface area contributed by atoms with E-state index in [4.69, 9.17) is 18.0 Å². The Hall–Kier alpha value is -2.00. The van der Waals surface area contributed by atoms with Gasteiger partial charge in [-0.1, -0.05) is 17.5 Å². The maximum absolute atomic E-state index is 12.0. The highest BCUT2D eigenvalue weighted by Gasteiger charge is 2.10. The molecule has 0 spiro atoms. The summed E-state index contributed by atoms with van der Waals surface area (Å²) in [5, 5.41) is 9.63. The quantitative estimate of drug-likeness (QED) is 0.763. The Bertz CT molecular complexity index is 575. The van der Waals surface area contributed by atoms with Crippen LogP contribution < -0.4 is 16.2 Å². The van der Waals surface area contributed by atoms with Crippen molar-refractivity contribution in [3.8, 4) is 12.3 Å². The molecular formula is C13H17ClN4O2. The van der Waals surface area contributed by atoms with Crippen LogP contribution in [-0.2, 0) is 11.3 Å². The minimum absolute atomic E-state index is 0.0680. The Balaban J connectivity index is 2.69. The smallest absolute Gasteiger partial charge is 0.292 e. The Morgan fingerprint density at radius 3 is 2.90 bits per heavy atom. The second-order valence-electron chi connectivity index (χ2n) is 4.43. The SMILES string of the molecule is C#CCn1ncc(Cl)c(NCCC(=O)NC(C)C)c1=O. The number of carbonyl (C=O) groups excluding carboxylic acids is 1. The van der Waals surface area contributed by atoms with Crippen LogP contribution in [0.5, 0.6) is 0 Å². The van der Waals surface area contributed by atoms with Crippen LogP contribution in [0, 0.1) is 12.3 Å². The molecule has 0 unspecified atom stereocenters. The Kier molecular flexibility index (Phi) is 6.07. The number of aromatic nitrogens is 2. The van der Waals surface area contributed by atoms with E-state index in [2.05, 4.69) is 21.7 Å². The summed E-state index contributed by atoms with van der Waals surface area (Å²) in [5.74, 6) is 2.24. The molecule has 0 aliphatic rings. The van der Waals surface area contributed by atoms with E-state index in [9.17, 15) is 9.59 Å². The average Bonchev–Trinajstić information content (AvgIpc) is 2.36. The van der Waals surface area contributed by atoms with Gasteiger partial charge in [-0.25, -0.2) is 4.68 Å². The lowest BCUT2D eigenvalue weighted by molar-refractivity contribution is -0.121. The van der Waals surface area contributed by atoms with Crippen molar-refractivity contribution in [3.63, 3.8) is 0 Å². The summed E-state index contributed by atoms with van der Waals surface area (Å²) in [6.07, 6.45) is 6.73. The monoisotopic (exact) mass is 296 g/mol. The van der Waals surface area contributed by atoms with Gasteiger partial charge in [-0.2, -0.15) is 5.10 Å². The highest BCUT2D eigenvalue weighted by Crippen LogP contribution is 2.14. The third-order valence-corrected chi connectivity index (χ3v) is 2.63. The molecule has 6 nitrogen and oxygen atoms in total. The standard InChI is InChI=1S/C13H17ClN4O2/c1-4-7-18-13(20)12(10(14)8-16-18)15-6-5-11(19)17-9(2)3/h1,8-9,15H,5-7H2,2-3H3,(H,17,19). The molecule has 2 N–H and O–H groups in total. The summed E-state index contributed by atoms with van der Waals surface area (Å²) >= 11 is 5.91. The van der Waals surface area contributed by atoms with Gasteiger partial charge in [-0.15, -0.1) is 6.42 Å². The van der Waals surface area contributed by atoms with Gasteiger partial charge in [0.15, 0.2) is 0 Å². The van der Waals surface area contributed by atoms with Crippen molar-refractivity contribution in [2.24, 2.45) is 0 Å². The fourth-order valence-corrected chi connectivity index (χ4v) is 1.71. The third kappa shape index (κ3) is 4.59. The lowest BCUT2D eigenvalue weighted by atomic mass is 10.3. The van der Waals surface area contributed by atoms with Gasteiger partial charge in [-0.3, -0.25) is 9.59 Å². The highest BCUT2D eigenvalue weighted by atomic mass is 35.5. The molecule has 0 atom stereocenters. The molecule has 7 heteroatoms. The van der Waals surface area contributed by atoms with Crippen molar-refractivity contribution in [2.45, 2.75) is 32.9 Å². The van der Waals surface area contributed by atoms with Crippen molar-refractivity contribution in [1.29, 1.82) is 0 Å². The first kappa shape index (κ1) is 16.1. The van der Waals surface area contributed by atoms with Gasteiger partial charge < -0.3 is 10.6 Å². The molecule has 0 aliphatic carbocycles. The largest absolute Gasteiger partial charge is 0.379 e. The average molecular weight is 297 g/mol. The van der Waals surface area contributed by atoms with E-state index in [1.807, 2.05) is 13.8 Å². The molecule has 0 aromatic carbocycles. The van der Waals surface area contributed by atoms with E-state index in [0.29, 0.717) is 6.54 Å². The van der Waals surface area contributed by atoms with Crippen LogP contribution >= 0.6 is 11.6 Å². The van der Waals surface area contributed by atoms with Crippen LogP contribution in [0.15, 0.2) is 11.0 Å². The molecule has 1 rings (SSSR count). The van der Waals surface area contributed by atoms with Gasteiger partial charge in [0.2, 0.25) is 5.91 Å². The maximum atomic E-state index is 12.0. The van der Waals surface area contributed by atoms with Crippen LogP contribution in [0.25, 0.3) is 0 Å². The molecule has 20 heavy (non-hydrogen) atoms. The van der Waals surface area contributed by atoms with Gasteiger partial charge in [0.25, 0.3) is 5.56 Å². The molecule has 0 saturated carbocycles. The summed E-state index contributed by atoms with van der Waals surface area (Å²) in [6.45, 7) is 4.12. The fourth-order valence-electron chi connectivity index (χ4n) is 1.52. The van der Waals surface area contributed by atoms with Crippen LogP contribution in [0.3, 0.4) is 0 Å². The van der Waals surface area contributed by atoms with Gasteiger partial charge in [0.1, 0.15) is 12.2 Å². The van der Waals surface area contributed by atoms with Gasteiger partial charge in [0, 0.05) is 19.0 Å². The number of nitrogens with one attached hydrogen (secondary N) is 2. The number of amides is 1. The summed E-state index contributed by atoms with van der Waals surface area (Å²) in [7, 11) is 0. The predicted molar refractivity (Wildman–Crippen MR) is 78.7 cm³/mol. The van der Waals surface area contributed by atoms with Crippen molar-refractivity contribution < 1.29 is 4.79 Å². The van der Waals surface area contributed by atoms with E-state index in [-0.39, 0.29) is 35.6 Å². The first-order valence-electron chi connectivity index (χ1n) is 6.18. The van der Waals surface area contributed by atoms with E-state index in [0.717, 1.165) is 4.68 Å². The van der Waals surface area contributed by atoms with Crippen molar-refractivity contribution in [3.05, 3.63) is 21.6 Å². The first-order chi connectivity index (χ1) is 9.45. The topological polar surface area (TPSA) is 76.0 Å². The highest BCUT2D eigenvalue weighted by molar-refractivity contribution is 6.33. The van der Waals surface area contributed by atoms with Crippen LogP contribution in [-0.4, -0.2) is 28.3 Å². The normalized spacial score (nSPS) is 10.2. The zero-order valence-electron chi connectivity index (χ0n) is 11.4. The minimum atomic E-state index is -0.403. The summed E-state index contributed by atoms with van der Waals surface area (Å²) < 4.78 is 1.13. The summed E-state index contributed by atoms with van der Waals surface area (Å²) in [5.41, 5.74) is -0.200. The molecular weight excluding hydrogens is 280 g/mol. The van der Waals surface area contributed by atoms with E-state index >= 15 is 0 Å². The van der Waals surface area contributed by atoms with Gasteiger partial charge >= 0.3 is 0 Å². The summed E-state index contributed by atoms with van der Waals surface area (Å²) in [6, 6.07) is 0.0832. The first-order valence-corrected chi connectivity index (χ1v) is 6.55. The second-order valence-corrected chi connectivity index (χ2v) is 4.84. The van der Waals surface area contributed by atoms with Crippen LogP contribution in [0.1, 0.15) is 20.3 Å². The van der Waals surface area contributed by atoms with Gasteiger partial charge in [-0.05, 0) is 13.8 Å². The molecule has 0 fully saturated rings. The van der Waals surface area contributed by atoms with E-state index in [1.54, 1.807) is 0 Å². The molecule has 1 aromatic heterocycles. The Labute approximate surface area is 122 Å². The van der Waals surface area contributed by atoms with E-state index < -0.39 is 5.56 Å². The van der Waals surface area contributed by atoms with Crippen molar-refractivity contribution >= 4 is 23.2 Å². The molecule has 1 aromatic rings. The van der Waals surface area contributed by atoms with E-state index in [1.165, 1.54) is 6.20 Å². The number of nitrogens with zero attached hydrogens (tertiary/aromatic N) is 2. The molecule has 0 radical (unpaired) electrons. The second kappa shape index (κ2) is 7.56. The molecule has 108 valence electrons.